The average Bonchev–Trinajstić information content (AvgIpc) is 3.06. The van der Waals surface area contributed by atoms with Crippen LogP contribution in [0.15, 0.2) is 24.3 Å². The Morgan fingerprint density at radius 1 is 1.10 bits per heavy atom. The molecule has 1 fully saturated rings. The molecule has 3 heterocycles. The molecule has 1 saturated heterocycles. The predicted octanol–water partition coefficient (Wildman–Crippen LogP) is 4.23. The molecule has 0 unspecified atom stereocenters. The lowest BCUT2D eigenvalue weighted by molar-refractivity contribution is 0.0746. The fourth-order valence-corrected chi connectivity index (χ4v) is 4.92. The third-order valence-electron chi connectivity index (χ3n) is 5.73. The molecule has 0 aliphatic carbocycles. The van der Waals surface area contributed by atoms with Crippen LogP contribution in [0.1, 0.15) is 40.0 Å². The number of hydrogen-bond acceptors (Lipinski definition) is 6. The number of nitrogens with zero attached hydrogens (tertiary/aromatic N) is 4. The number of carbonyl (C=O) groups excluding carboxylic acids is 1. The Balaban J connectivity index is 1.54. The number of amides is 1. The second kappa shape index (κ2) is 8.60. The summed E-state index contributed by atoms with van der Waals surface area (Å²) >= 11 is 1.75. The first kappa shape index (κ1) is 20.6. The van der Waals surface area contributed by atoms with Gasteiger partial charge in [-0.25, -0.2) is 9.97 Å². The first-order valence-electron chi connectivity index (χ1n) is 10.5. The number of methoxy groups -OCH3 is 1. The van der Waals surface area contributed by atoms with E-state index >= 15 is 0 Å². The van der Waals surface area contributed by atoms with Gasteiger partial charge < -0.3 is 14.5 Å². The molecule has 0 N–H and O–H groups in total. The van der Waals surface area contributed by atoms with Gasteiger partial charge >= 0.3 is 0 Å². The summed E-state index contributed by atoms with van der Waals surface area (Å²) in [5, 5.41) is 1.17. The molecule has 0 radical (unpaired) electrons. The van der Waals surface area contributed by atoms with Crippen LogP contribution in [0.3, 0.4) is 0 Å². The Bertz CT molecular complexity index is 1050. The molecular weight excluding hydrogens is 396 g/mol. The van der Waals surface area contributed by atoms with E-state index < -0.39 is 0 Å². The smallest absolute Gasteiger partial charge is 0.253 e. The SMILES string of the molecule is CCCc1nc(N2CCN(C(=O)c3ccc(OC)cc3)CC2)c2c(C)c(C)sc2n1. The van der Waals surface area contributed by atoms with E-state index in [0.717, 1.165) is 48.2 Å². The normalized spacial score (nSPS) is 14.4. The summed E-state index contributed by atoms with van der Waals surface area (Å²) in [7, 11) is 1.63. The van der Waals surface area contributed by atoms with Crippen LogP contribution in [0, 0.1) is 13.8 Å². The zero-order valence-corrected chi connectivity index (χ0v) is 18.9. The van der Waals surface area contributed by atoms with Gasteiger partial charge in [0.1, 0.15) is 22.2 Å². The zero-order valence-electron chi connectivity index (χ0n) is 18.1. The number of carbonyl (C=O) groups is 1. The van der Waals surface area contributed by atoms with Crippen molar-refractivity contribution in [1.82, 2.24) is 14.9 Å². The van der Waals surface area contributed by atoms with E-state index in [4.69, 9.17) is 14.7 Å². The number of anilines is 1. The van der Waals surface area contributed by atoms with Gasteiger partial charge in [-0.2, -0.15) is 0 Å². The maximum absolute atomic E-state index is 12.9. The van der Waals surface area contributed by atoms with Crippen molar-refractivity contribution in [2.45, 2.75) is 33.6 Å². The summed E-state index contributed by atoms with van der Waals surface area (Å²) in [5.74, 6) is 2.77. The van der Waals surface area contributed by atoms with Crippen molar-refractivity contribution in [3.63, 3.8) is 0 Å². The van der Waals surface area contributed by atoms with Crippen molar-refractivity contribution in [3.8, 4) is 5.75 Å². The molecule has 1 aromatic carbocycles. The van der Waals surface area contributed by atoms with Crippen molar-refractivity contribution in [1.29, 1.82) is 0 Å². The van der Waals surface area contributed by atoms with Gasteiger partial charge in [0.25, 0.3) is 5.91 Å². The van der Waals surface area contributed by atoms with Crippen LogP contribution in [0.25, 0.3) is 10.2 Å². The van der Waals surface area contributed by atoms with Crippen molar-refractivity contribution < 1.29 is 9.53 Å². The monoisotopic (exact) mass is 424 g/mol. The molecule has 0 bridgehead atoms. The van der Waals surface area contributed by atoms with Crippen LogP contribution in [0.4, 0.5) is 5.82 Å². The van der Waals surface area contributed by atoms with Crippen molar-refractivity contribution in [3.05, 3.63) is 46.1 Å². The molecule has 30 heavy (non-hydrogen) atoms. The van der Waals surface area contributed by atoms with E-state index in [1.165, 1.54) is 15.8 Å². The molecular formula is C23H28N4O2S. The van der Waals surface area contributed by atoms with Crippen LogP contribution in [-0.2, 0) is 6.42 Å². The molecule has 1 amide bonds. The molecule has 1 aliphatic heterocycles. The third-order valence-corrected chi connectivity index (χ3v) is 6.83. The zero-order chi connectivity index (χ0) is 21.3. The van der Waals surface area contributed by atoms with Gasteiger partial charge in [0.2, 0.25) is 0 Å². The number of benzene rings is 1. The highest BCUT2D eigenvalue weighted by Gasteiger charge is 2.26. The lowest BCUT2D eigenvalue weighted by atomic mass is 10.1. The van der Waals surface area contributed by atoms with Crippen molar-refractivity contribution in [2.75, 3.05) is 38.2 Å². The molecule has 0 saturated carbocycles. The van der Waals surface area contributed by atoms with Gasteiger partial charge in [-0.15, -0.1) is 11.3 Å². The van der Waals surface area contributed by atoms with E-state index in [0.29, 0.717) is 18.7 Å². The second-order valence-corrected chi connectivity index (χ2v) is 8.89. The highest BCUT2D eigenvalue weighted by Crippen LogP contribution is 2.35. The Kier molecular flexibility index (Phi) is 5.90. The maximum atomic E-state index is 12.9. The Hall–Kier alpha value is -2.67. The fourth-order valence-electron chi connectivity index (χ4n) is 3.87. The molecule has 6 nitrogen and oxygen atoms in total. The second-order valence-electron chi connectivity index (χ2n) is 7.68. The molecule has 1 aliphatic rings. The standard InChI is InChI=1S/C23H28N4O2S/c1-5-6-19-24-21(20-15(2)16(3)30-22(20)25-19)26-11-13-27(14-12-26)23(28)17-7-9-18(29-4)10-8-17/h7-10H,5-6,11-14H2,1-4H3. The predicted molar refractivity (Wildman–Crippen MR) is 122 cm³/mol. The quantitative estimate of drug-likeness (QED) is 0.613. The minimum atomic E-state index is 0.0689. The summed E-state index contributed by atoms with van der Waals surface area (Å²) < 4.78 is 5.19. The van der Waals surface area contributed by atoms with Crippen LogP contribution in [0.2, 0.25) is 0 Å². The van der Waals surface area contributed by atoms with Crippen LogP contribution in [-0.4, -0.2) is 54.1 Å². The number of rotatable bonds is 5. The highest BCUT2D eigenvalue weighted by molar-refractivity contribution is 7.18. The van der Waals surface area contributed by atoms with Crippen LogP contribution >= 0.6 is 11.3 Å². The molecule has 0 spiro atoms. The lowest BCUT2D eigenvalue weighted by Gasteiger charge is -2.36. The van der Waals surface area contributed by atoms with Gasteiger partial charge in [-0.1, -0.05) is 6.92 Å². The lowest BCUT2D eigenvalue weighted by Crippen LogP contribution is -2.49. The third kappa shape index (κ3) is 3.86. The van der Waals surface area contributed by atoms with Crippen molar-refractivity contribution >= 4 is 33.3 Å². The first-order valence-corrected chi connectivity index (χ1v) is 11.3. The first-order chi connectivity index (χ1) is 14.5. The summed E-state index contributed by atoms with van der Waals surface area (Å²) in [6.07, 6.45) is 1.91. The Labute approximate surface area is 181 Å². The maximum Gasteiger partial charge on any atom is 0.253 e. The number of ether oxygens (including phenoxy) is 1. The van der Waals surface area contributed by atoms with E-state index in [2.05, 4.69) is 25.7 Å². The van der Waals surface area contributed by atoms with E-state index in [1.807, 2.05) is 29.2 Å². The minimum absolute atomic E-state index is 0.0689. The number of aryl methyl sites for hydroxylation is 3. The minimum Gasteiger partial charge on any atom is -0.497 e. The molecule has 2 aromatic heterocycles. The molecule has 7 heteroatoms. The summed E-state index contributed by atoms with van der Waals surface area (Å²) in [6.45, 7) is 9.37. The van der Waals surface area contributed by atoms with E-state index in [9.17, 15) is 4.79 Å². The number of aromatic nitrogens is 2. The van der Waals surface area contributed by atoms with E-state index in [-0.39, 0.29) is 5.91 Å². The Morgan fingerprint density at radius 3 is 2.43 bits per heavy atom. The average molecular weight is 425 g/mol. The fraction of sp³-hybridized carbons (Fsp3) is 0.435. The topological polar surface area (TPSA) is 58.6 Å². The van der Waals surface area contributed by atoms with Crippen LogP contribution in [0.5, 0.6) is 5.75 Å². The number of thiophene rings is 1. The number of hydrogen-bond donors (Lipinski definition) is 0. The van der Waals surface area contributed by atoms with Gasteiger partial charge in [0, 0.05) is 43.0 Å². The van der Waals surface area contributed by atoms with Gasteiger partial charge in [-0.05, 0) is 50.1 Å². The molecule has 0 atom stereocenters. The molecule has 158 valence electrons. The molecule has 4 rings (SSSR count). The van der Waals surface area contributed by atoms with Gasteiger partial charge in [0.05, 0.1) is 12.5 Å². The van der Waals surface area contributed by atoms with Gasteiger partial charge in [-0.3, -0.25) is 4.79 Å². The largest absolute Gasteiger partial charge is 0.497 e. The van der Waals surface area contributed by atoms with E-state index in [1.54, 1.807) is 18.4 Å². The summed E-state index contributed by atoms with van der Waals surface area (Å²) in [4.78, 5) is 29.3. The van der Waals surface area contributed by atoms with Gasteiger partial charge in [0.15, 0.2) is 0 Å². The van der Waals surface area contributed by atoms with Crippen molar-refractivity contribution in [2.24, 2.45) is 0 Å². The Morgan fingerprint density at radius 2 is 1.80 bits per heavy atom. The molecule has 3 aromatic rings. The summed E-state index contributed by atoms with van der Waals surface area (Å²) in [6, 6.07) is 7.32. The number of piperazine rings is 1. The number of fused-ring (bicyclic) bond motifs is 1. The highest BCUT2D eigenvalue weighted by atomic mass is 32.1. The van der Waals surface area contributed by atoms with Crippen LogP contribution < -0.4 is 9.64 Å². The summed E-state index contributed by atoms with van der Waals surface area (Å²) in [5.41, 5.74) is 1.97.